The first-order valence-electron chi connectivity index (χ1n) is 6.75. The number of nitrogens with one attached hydrogen (secondary N) is 1. The minimum absolute atomic E-state index is 0.00853. The van der Waals surface area contributed by atoms with Gasteiger partial charge < -0.3 is 9.84 Å². The molecule has 0 radical (unpaired) electrons. The third-order valence-corrected chi connectivity index (χ3v) is 4.47. The van der Waals surface area contributed by atoms with E-state index in [0.29, 0.717) is 0 Å². The Morgan fingerprint density at radius 3 is 2.77 bits per heavy atom. The predicted molar refractivity (Wildman–Crippen MR) is 86.5 cm³/mol. The minimum atomic E-state index is -4.51. The van der Waals surface area contributed by atoms with Gasteiger partial charge in [0.05, 0.1) is 18.4 Å². The zero-order valence-corrected chi connectivity index (χ0v) is 14.4. The number of carboxylic acids is 1. The van der Waals surface area contributed by atoms with Crippen LogP contribution in [-0.2, 0) is 10.0 Å². The van der Waals surface area contributed by atoms with Crippen molar-refractivity contribution >= 4 is 38.9 Å². The molecule has 136 valence electrons. The van der Waals surface area contributed by atoms with Crippen LogP contribution in [0.5, 0.6) is 6.01 Å². The van der Waals surface area contributed by atoms with E-state index in [1.807, 2.05) is 4.72 Å². The molecule has 1 aromatic carbocycles. The summed E-state index contributed by atoms with van der Waals surface area (Å²) in [4.78, 5) is 18.8. The van der Waals surface area contributed by atoms with Gasteiger partial charge in [0.15, 0.2) is 5.65 Å². The summed E-state index contributed by atoms with van der Waals surface area (Å²) in [6.07, 6.45) is 0. The Kier molecular flexibility index (Phi) is 4.38. The van der Waals surface area contributed by atoms with E-state index < -0.39 is 38.2 Å². The van der Waals surface area contributed by atoms with Gasteiger partial charge in [-0.15, -0.1) is 5.10 Å². The highest BCUT2D eigenvalue weighted by atomic mass is 35.5. The molecule has 0 aliphatic rings. The first-order chi connectivity index (χ1) is 12.2. The molecule has 10 nitrogen and oxygen atoms in total. The standard InChI is InChI=1S/C13H9ClFN5O5S/c1-25-13-16-8(14)5-9-17-12(18-20(9)13)26(23,24)19-10-6(11(21)22)3-2-4-7(10)15/h2-5,19H,1H3,(H,21,22). The number of rotatable bonds is 5. The fraction of sp³-hybridized carbons (Fsp3) is 0.0769. The number of aromatic nitrogens is 4. The highest BCUT2D eigenvalue weighted by Gasteiger charge is 2.26. The molecule has 0 atom stereocenters. The Labute approximate surface area is 150 Å². The normalized spacial score (nSPS) is 11.5. The van der Waals surface area contributed by atoms with Gasteiger partial charge in [0.1, 0.15) is 11.0 Å². The van der Waals surface area contributed by atoms with Gasteiger partial charge in [-0.1, -0.05) is 17.7 Å². The summed E-state index contributed by atoms with van der Waals surface area (Å²) >= 11 is 5.78. The summed E-state index contributed by atoms with van der Waals surface area (Å²) < 4.78 is 46.7. The van der Waals surface area contributed by atoms with Crippen molar-refractivity contribution in [2.45, 2.75) is 5.16 Å². The molecule has 0 spiro atoms. The quantitative estimate of drug-likeness (QED) is 0.612. The summed E-state index contributed by atoms with van der Waals surface area (Å²) in [7, 11) is -3.25. The van der Waals surface area contributed by atoms with Crippen LogP contribution < -0.4 is 9.46 Å². The van der Waals surface area contributed by atoms with Gasteiger partial charge in [0.25, 0.3) is 15.2 Å². The molecule has 0 aliphatic carbocycles. The molecule has 0 saturated carbocycles. The van der Waals surface area contributed by atoms with Crippen molar-refractivity contribution < 1.29 is 27.4 Å². The number of benzene rings is 1. The fourth-order valence-electron chi connectivity index (χ4n) is 2.05. The van der Waals surface area contributed by atoms with E-state index in [1.165, 1.54) is 13.2 Å². The predicted octanol–water partition coefficient (Wildman–Crippen LogP) is 1.42. The second-order valence-electron chi connectivity index (χ2n) is 4.80. The fourth-order valence-corrected chi connectivity index (χ4v) is 3.19. The maximum absolute atomic E-state index is 13.9. The van der Waals surface area contributed by atoms with Crippen molar-refractivity contribution in [2.24, 2.45) is 0 Å². The maximum Gasteiger partial charge on any atom is 0.337 e. The van der Waals surface area contributed by atoms with E-state index in [2.05, 4.69) is 15.1 Å². The minimum Gasteiger partial charge on any atom is -0.478 e. The number of halogens is 2. The summed E-state index contributed by atoms with van der Waals surface area (Å²) in [6.45, 7) is 0. The van der Waals surface area contributed by atoms with Crippen LogP contribution in [0, 0.1) is 5.82 Å². The topological polar surface area (TPSA) is 136 Å². The lowest BCUT2D eigenvalue weighted by molar-refractivity contribution is 0.0697. The molecule has 0 amide bonds. The molecule has 0 saturated heterocycles. The summed E-state index contributed by atoms with van der Waals surface area (Å²) in [5.41, 5.74) is -1.30. The number of hydrogen-bond donors (Lipinski definition) is 2. The van der Waals surface area contributed by atoms with Crippen LogP contribution in [0.25, 0.3) is 5.65 Å². The Morgan fingerprint density at radius 1 is 1.38 bits per heavy atom. The number of sulfonamides is 1. The smallest absolute Gasteiger partial charge is 0.337 e. The Morgan fingerprint density at radius 2 is 2.12 bits per heavy atom. The number of methoxy groups -OCH3 is 1. The number of carboxylic acid groups (broad SMARTS) is 1. The summed E-state index contributed by atoms with van der Waals surface area (Å²) in [5, 5.41) is 12.1. The van der Waals surface area contributed by atoms with Gasteiger partial charge in [-0.2, -0.15) is 22.9 Å². The number of hydrogen-bond acceptors (Lipinski definition) is 7. The Balaban J connectivity index is 2.10. The molecule has 26 heavy (non-hydrogen) atoms. The lowest BCUT2D eigenvalue weighted by Crippen LogP contribution is -2.18. The van der Waals surface area contributed by atoms with Crippen molar-refractivity contribution in [3.05, 3.63) is 40.8 Å². The Hall–Kier alpha value is -2.99. The molecule has 3 rings (SSSR count). The van der Waals surface area contributed by atoms with E-state index in [4.69, 9.17) is 21.4 Å². The molecule has 0 unspecified atom stereocenters. The van der Waals surface area contributed by atoms with Crippen molar-refractivity contribution in [2.75, 3.05) is 11.8 Å². The number of anilines is 1. The molecule has 2 N–H and O–H groups in total. The first kappa shape index (κ1) is 17.8. The van der Waals surface area contributed by atoms with Gasteiger partial charge in [0, 0.05) is 6.07 Å². The first-order valence-corrected chi connectivity index (χ1v) is 8.61. The number of ether oxygens (including phenoxy) is 1. The SMILES string of the molecule is COc1nc(Cl)cc2nc(S(=O)(=O)Nc3c(F)cccc3C(=O)O)nn12. The number of para-hydroxylation sites is 1. The summed E-state index contributed by atoms with van der Waals surface area (Å²) in [6, 6.07) is 4.21. The Bertz CT molecular complexity index is 1130. The molecule has 13 heteroatoms. The lowest BCUT2D eigenvalue weighted by atomic mass is 10.2. The average Bonchev–Trinajstić information content (AvgIpc) is 3.00. The van der Waals surface area contributed by atoms with Crippen molar-refractivity contribution in [1.82, 2.24) is 19.6 Å². The molecule has 0 aliphatic heterocycles. The second-order valence-corrected chi connectivity index (χ2v) is 6.77. The maximum atomic E-state index is 13.9. The van der Waals surface area contributed by atoms with Crippen LogP contribution in [0.4, 0.5) is 10.1 Å². The van der Waals surface area contributed by atoms with E-state index >= 15 is 0 Å². The number of carbonyl (C=O) groups is 1. The molecule has 2 aromatic heterocycles. The molecule has 0 fully saturated rings. The van der Waals surface area contributed by atoms with Crippen LogP contribution >= 0.6 is 11.6 Å². The monoisotopic (exact) mass is 401 g/mol. The molecular formula is C13H9ClFN5O5S. The molecular weight excluding hydrogens is 393 g/mol. The van der Waals surface area contributed by atoms with Gasteiger partial charge in [-0.25, -0.2) is 9.18 Å². The number of fused-ring (bicyclic) bond motifs is 1. The third kappa shape index (κ3) is 3.11. The van der Waals surface area contributed by atoms with Crippen LogP contribution in [0.3, 0.4) is 0 Å². The van der Waals surface area contributed by atoms with Crippen LogP contribution in [-0.4, -0.2) is 46.2 Å². The largest absolute Gasteiger partial charge is 0.478 e. The second kappa shape index (κ2) is 6.38. The van der Waals surface area contributed by atoms with Crippen molar-refractivity contribution in [3.63, 3.8) is 0 Å². The van der Waals surface area contributed by atoms with Gasteiger partial charge in [-0.3, -0.25) is 4.72 Å². The number of nitrogens with zero attached hydrogens (tertiary/aromatic N) is 4. The van der Waals surface area contributed by atoms with Gasteiger partial charge in [0.2, 0.25) is 0 Å². The van der Waals surface area contributed by atoms with Crippen LogP contribution in [0.15, 0.2) is 29.4 Å². The zero-order valence-electron chi connectivity index (χ0n) is 12.8. The van der Waals surface area contributed by atoms with E-state index in [-0.39, 0.29) is 16.8 Å². The summed E-state index contributed by atoms with van der Waals surface area (Å²) in [5.74, 6) is -2.58. The highest BCUT2D eigenvalue weighted by molar-refractivity contribution is 7.92. The lowest BCUT2D eigenvalue weighted by Gasteiger charge is -2.09. The van der Waals surface area contributed by atoms with E-state index in [1.54, 1.807) is 0 Å². The van der Waals surface area contributed by atoms with Gasteiger partial charge >= 0.3 is 12.0 Å². The average molecular weight is 402 g/mol. The molecule has 0 bridgehead atoms. The number of aromatic carboxylic acids is 1. The van der Waals surface area contributed by atoms with Crippen molar-refractivity contribution in [3.8, 4) is 6.01 Å². The molecule has 2 heterocycles. The van der Waals surface area contributed by atoms with Crippen molar-refractivity contribution in [1.29, 1.82) is 0 Å². The van der Waals surface area contributed by atoms with Gasteiger partial charge in [-0.05, 0) is 12.1 Å². The molecule has 3 aromatic rings. The van der Waals surface area contributed by atoms with Crippen LogP contribution in [0.1, 0.15) is 10.4 Å². The van der Waals surface area contributed by atoms with E-state index in [0.717, 1.165) is 22.7 Å². The van der Waals surface area contributed by atoms with Crippen LogP contribution in [0.2, 0.25) is 5.15 Å². The third-order valence-electron chi connectivity index (χ3n) is 3.15. The zero-order chi connectivity index (χ0) is 19.1. The highest BCUT2D eigenvalue weighted by Crippen LogP contribution is 2.24. The van der Waals surface area contributed by atoms with E-state index in [9.17, 15) is 17.6 Å².